The van der Waals surface area contributed by atoms with Gasteiger partial charge in [-0.15, -0.1) is 0 Å². The molecule has 0 aliphatic carbocycles. The van der Waals surface area contributed by atoms with Gasteiger partial charge in [-0.25, -0.2) is 0 Å². The normalized spacial score (nSPS) is 12.8. The molecule has 0 unspecified atom stereocenters. The molecule has 12 aromatic carbocycles. The molecule has 8 nitrogen and oxygen atoms in total. The number of rotatable bonds is 10. The smallest absolute Gasteiger partial charge is 0.0960 e. The molecule has 0 spiro atoms. The van der Waals surface area contributed by atoms with Gasteiger partial charge in [-0.05, 0) is 151 Å². The molecule has 17 rings (SSSR count). The molecule has 0 bridgehead atoms. The summed E-state index contributed by atoms with van der Waals surface area (Å²) in [6.07, 6.45) is 3.73. The van der Waals surface area contributed by atoms with Gasteiger partial charge in [0.1, 0.15) is 0 Å². The predicted octanol–water partition coefficient (Wildman–Crippen LogP) is 22.9. The Hall–Kier alpha value is -12.3. The van der Waals surface area contributed by atoms with Crippen molar-refractivity contribution >= 4 is 102 Å². The molecular formula is C82H56N8. The van der Waals surface area contributed by atoms with E-state index in [4.69, 9.17) is 9.97 Å². The number of fused-ring (bicyclic) bond motifs is 6. The van der Waals surface area contributed by atoms with Crippen LogP contribution in [0, 0.1) is 0 Å². The van der Waals surface area contributed by atoms with E-state index in [1.807, 2.05) is 24.5 Å². The fraction of sp³-hybridized carbons (Fsp3) is 0. The van der Waals surface area contributed by atoms with Gasteiger partial charge >= 0.3 is 0 Å². The Kier molecular flexibility index (Phi) is 12.7. The maximum atomic E-state index is 4.84. The summed E-state index contributed by atoms with van der Waals surface area (Å²) in [7, 11) is 0. The average molecular weight is 1150 g/mol. The van der Waals surface area contributed by atoms with E-state index < -0.39 is 0 Å². The number of hydrogen-bond donors (Lipinski definition) is 0. The highest BCUT2D eigenvalue weighted by Gasteiger charge is 2.43. The highest BCUT2D eigenvalue weighted by Crippen LogP contribution is 2.67. The predicted molar refractivity (Wildman–Crippen MR) is 373 cm³/mol. The first-order chi connectivity index (χ1) is 44.7. The van der Waals surface area contributed by atoms with Crippen LogP contribution in [0.2, 0.25) is 0 Å². The minimum Gasteiger partial charge on any atom is -0.306 e. The van der Waals surface area contributed by atoms with E-state index in [0.717, 1.165) is 147 Å². The molecule has 0 atom stereocenters. The maximum absolute atomic E-state index is 4.84. The van der Waals surface area contributed by atoms with Crippen molar-refractivity contribution in [3.05, 3.63) is 340 Å². The zero-order chi connectivity index (χ0) is 59.5. The topological polar surface area (TPSA) is 45.2 Å². The van der Waals surface area contributed by atoms with Gasteiger partial charge in [-0.1, -0.05) is 188 Å². The maximum Gasteiger partial charge on any atom is 0.0960 e. The number of nitrogens with zero attached hydrogens (tertiary/aromatic N) is 8. The third-order valence-corrected chi connectivity index (χ3v) is 17.5. The Balaban J connectivity index is 1.08. The molecule has 0 radical (unpaired) electrons. The zero-order valence-corrected chi connectivity index (χ0v) is 48.9. The van der Waals surface area contributed by atoms with Crippen LogP contribution in [-0.4, -0.2) is 9.97 Å². The third-order valence-electron chi connectivity index (χ3n) is 17.5. The Morgan fingerprint density at radius 1 is 0.178 bits per heavy atom. The summed E-state index contributed by atoms with van der Waals surface area (Å²) in [4.78, 5) is 24.6. The summed E-state index contributed by atoms with van der Waals surface area (Å²) >= 11 is 0. The van der Waals surface area contributed by atoms with Crippen LogP contribution >= 0.6 is 0 Å². The quantitative estimate of drug-likeness (QED) is 0.134. The van der Waals surface area contributed by atoms with E-state index in [2.05, 4.69) is 345 Å². The first-order valence-electron chi connectivity index (χ1n) is 30.5. The van der Waals surface area contributed by atoms with E-state index >= 15 is 0 Å². The summed E-state index contributed by atoms with van der Waals surface area (Å²) < 4.78 is 0. The fourth-order valence-electron chi connectivity index (χ4n) is 13.6. The van der Waals surface area contributed by atoms with Crippen LogP contribution in [0.15, 0.2) is 340 Å². The second-order valence-electron chi connectivity index (χ2n) is 22.6. The molecule has 0 saturated heterocycles. The van der Waals surface area contributed by atoms with Gasteiger partial charge in [0, 0.05) is 51.7 Å². The highest BCUT2D eigenvalue weighted by molar-refractivity contribution is 6.18. The van der Waals surface area contributed by atoms with Gasteiger partial charge in [0.05, 0.1) is 96.7 Å². The van der Waals surface area contributed by atoms with E-state index in [-0.39, 0.29) is 0 Å². The van der Waals surface area contributed by atoms with Crippen molar-refractivity contribution in [3.8, 4) is 44.8 Å². The van der Waals surface area contributed by atoms with E-state index in [9.17, 15) is 0 Å². The minimum atomic E-state index is 0.908. The second-order valence-corrected chi connectivity index (χ2v) is 22.6. The van der Waals surface area contributed by atoms with Crippen molar-refractivity contribution in [2.75, 3.05) is 29.4 Å². The van der Waals surface area contributed by atoms with Gasteiger partial charge < -0.3 is 29.4 Å². The van der Waals surface area contributed by atoms with Crippen LogP contribution in [0.1, 0.15) is 0 Å². The lowest BCUT2D eigenvalue weighted by molar-refractivity contribution is 1.12. The van der Waals surface area contributed by atoms with Gasteiger partial charge in [0.25, 0.3) is 0 Å². The van der Waals surface area contributed by atoms with Gasteiger partial charge in [-0.2, -0.15) is 0 Å². The summed E-state index contributed by atoms with van der Waals surface area (Å²) in [5.41, 5.74) is 26.4. The number of hydrogen-bond acceptors (Lipinski definition) is 8. The van der Waals surface area contributed by atoms with E-state index in [1.54, 1.807) is 0 Å². The highest BCUT2D eigenvalue weighted by atomic mass is 15.3. The molecule has 8 heteroatoms. The van der Waals surface area contributed by atoms with Crippen molar-refractivity contribution in [1.82, 2.24) is 9.97 Å². The summed E-state index contributed by atoms with van der Waals surface area (Å²) in [6.45, 7) is 0. The van der Waals surface area contributed by atoms with Crippen LogP contribution in [0.25, 0.3) is 44.8 Å². The zero-order valence-electron chi connectivity index (χ0n) is 48.9. The SMILES string of the molecule is c1ccc(N2c3ccccc3N(c3c(-c4ccc(-c5ccccn5)cc4)cc(-c4ccc(-c5ccccn5)cc4)c(N4c5ccccc5N(c5ccccc5)c5ccccc54)c3N3c4ccccc4N(c4ccccc4)c4ccccc43)c3ccccc32)cc1. The monoisotopic (exact) mass is 1150 g/mol. The average Bonchev–Trinajstić information content (AvgIpc) is 1.11. The summed E-state index contributed by atoms with van der Waals surface area (Å²) in [5.74, 6) is 0. The second kappa shape index (κ2) is 21.9. The van der Waals surface area contributed by atoms with Crippen LogP contribution in [0.3, 0.4) is 0 Å². The molecule has 424 valence electrons. The fourth-order valence-corrected chi connectivity index (χ4v) is 13.6. The van der Waals surface area contributed by atoms with Crippen molar-refractivity contribution in [1.29, 1.82) is 0 Å². The molecule has 14 aromatic rings. The first kappa shape index (κ1) is 52.1. The third kappa shape index (κ3) is 8.60. The molecule has 0 fully saturated rings. The van der Waals surface area contributed by atoms with Crippen molar-refractivity contribution < 1.29 is 0 Å². The lowest BCUT2D eigenvalue weighted by Crippen LogP contribution is -2.30. The standard InChI is InChI=1S/C82H56N8/c1-4-26-61(27-5-1)85-68-34-10-16-40-74(68)88(75-41-17-11-35-69(75)85)80-64(57-46-50-59(51-47-57)66-32-22-24-54-83-66)56-65(58-48-52-60(53-49-58)67-33-23-25-55-84-67)81(89-76-42-18-12-36-70(76)86(62-28-6-2-7-29-62)71-37-13-19-43-77(71)89)82(80)90-78-44-20-14-38-72(78)87(63-30-8-3-9-31-63)73-39-15-21-45-79(73)90/h1-56H. The molecule has 2 aromatic heterocycles. The lowest BCUT2D eigenvalue weighted by Gasteiger charge is -2.47. The number of aromatic nitrogens is 2. The molecule has 3 aliphatic rings. The van der Waals surface area contributed by atoms with E-state index in [1.165, 1.54) is 0 Å². The van der Waals surface area contributed by atoms with Gasteiger partial charge in [0.15, 0.2) is 0 Å². The first-order valence-corrected chi connectivity index (χ1v) is 30.5. The van der Waals surface area contributed by atoms with Gasteiger partial charge in [0.2, 0.25) is 0 Å². The molecule has 0 saturated carbocycles. The lowest BCUT2D eigenvalue weighted by atomic mass is 9.88. The number of pyridine rings is 2. The largest absolute Gasteiger partial charge is 0.306 e. The molecule has 3 aliphatic heterocycles. The number of benzene rings is 12. The molecule has 5 heterocycles. The van der Waals surface area contributed by atoms with Crippen LogP contribution < -0.4 is 29.4 Å². The molecule has 0 amide bonds. The van der Waals surface area contributed by atoms with Gasteiger partial charge in [-0.3, -0.25) is 9.97 Å². The molecular weight excluding hydrogens is 1100 g/mol. The molecule has 0 N–H and O–H groups in total. The number of anilines is 18. The van der Waals surface area contributed by atoms with Crippen LogP contribution in [0.5, 0.6) is 0 Å². The van der Waals surface area contributed by atoms with Crippen LogP contribution in [-0.2, 0) is 0 Å². The van der Waals surface area contributed by atoms with Crippen LogP contribution in [0.4, 0.5) is 102 Å². The van der Waals surface area contributed by atoms with E-state index in [0.29, 0.717) is 0 Å². The Morgan fingerprint density at radius 3 is 0.656 bits per heavy atom. The number of para-hydroxylation sites is 15. The Morgan fingerprint density at radius 2 is 0.400 bits per heavy atom. The Bertz CT molecular complexity index is 4580. The Labute approximate surface area is 523 Å². The van der Waals surface area contributed by atoms with Crippen molar-refractivity contribution in [3.63, 3.8) is 0 Å². The molecule has 90 heavy (non-hydrogen) atoms. The van der Waals surface area contributed by atoms with Crippen molar-refractivity contribution in [2.24, 2.45) is 0 Å². The summed E-state index contributed by atoms with van der Waals surface area (Å²) in [5, 5.41) is 0. The minimum absolute atomic E-state index is 0.908. The van der Waals surface area contributed by atoms with Crippen molar-refractivity contribution in [2.45, 2.75) is 0 Å². The summed E-state index contributed by atoms with van der Waals surface area (Å²) in [6, 6.07) is 119.